The zero-order valence-corrected chi connectivity index (χ0v) is 15.2. The highest BCUT2D eigenvalue weighted by Crippen LogP contribution is 2.45. The molecular formula is C22H40. The van der Waals surface area contributed by atoms with Gasteiger partial charge in [0.05, 0.1) is 0 Å². The van der Waals surface area contributed by atoms with Gasteiger partial charge in [-0.05, 0) is 36.0 Å². The molecule has 0 saturated heterocycles. The lowest BCUT2D eigenvalue weighted by molar-refractivity contribution is 0.0904. The molecule has 3 aliphatic carbocycles. The van der Waals surface area contributed by atoms with E-state index in [1.54, 1.807) is 44.9 Å². The highest BCUT2D eigenvalue weighted by atomic mass is 14.4. The molecule has 0 aromatic heterocycles. The van der Waals surface area contributed by atoms with E-state index in [1.807, 2.05) is 0 Å². The second kappa shape index (κ2) is 8.74. The van der Waals surface area contributed by atoms with Crippen molar-refractivity contribution in [1.82, 2.24) is 0 Å². The smallest absolute Gasteiger partial charge is 0.0355 e. The lowest BCUT2D eigenvalue weighted by Gasteiger charge is -2.41. The molecule has 2 atom stereocenters. The van der Waals surface area contributed by atoms with Crippen molar-refractivity contribution >= 4 is 0 Å². The fourth-order valence-electron chi connectivity index (χ4n) is 6.22. The molecule has 0 heteroatoms. The van der Waals surface area contributed by atoms with E-state index in [2.05, 4.69) is 6.92 Å². The van der Waals surface area contributed by atoms with E-state index in [0.29, 0.717) is 0 Å². The van der Waals surface area contributed by atoms with Gasteiger partial charge < -0.3 is 0 Å². The van der Waals surface area contributed by atoms with Gasteiger partial charge in [-0.25, -0.2) is 0 Å². The van der Waals surface area contributed by atoms with Crippen LogP contribution in [-0.4, -0.2) is 0 Å². The Balaban J connectivity index is 1.63. The maximum Gasteiger partial charge on any atom is -0.0355 e. The van der Waals surface area contributed by atoms with Crippen molar-refractivity contribution in [3.05, 3.63) is 0 Å². The fourth-order valence-corrected chi connectivity index (χ4v) is 6.22. The Hall–Kier alpha value is 0. The van der Waals surface area contributed by atoms with Crippen LogP contribution in [-0.2, 0) is 0 Å². The van der Waals surface area contributed by atoms with Crippen LogP contribution < -0.4 is 0 Å². The molecule has 0 radical (unpaired) electrons. The highest BCUT2D eigenvalue weighted by molar-refractivity contribution is 4.85. The highest BCUT2D eigenvalue weighted by Gasteiger charge is 2.34. The summed E-state index contributed by atoms with van der Waals surface area (Å²) in [5.41, 5.74) is 0. The van der Waals surface area contributed by atoms with Crippen LogP contribution >= 0.6 is 0 Å². The molecule has 0 N–H and O–H groups in total. The first-order valence-electron chi connectivity index (χ1n) is 10.8. The van der Waals surface area contributed by atoms with Gasteiger partial charge in [-0.2, -0.15) is 0 Å². The molecule has 0 nitrogen and oxygen atoms in total. The molecule has 3 fully saturated rings. The predicted octanol–water partition coefficient (Wildman–Crippen LogP) is 7.37. The molecule has 0 aliphatic heterocycles. The third-order valence-corrected chi connectivity index (χ3v) is 7.65. The van der Waals surface area contributed by atoms with E-state index in [1.165, 1.54) is 57.8 Å². The second-order valence-electron chi connectivity index (χ2n) is 9.06. The van der Waals surface area contributed by atoms with E-state index in [0.717, 1.165) is 29.6 Å². The van der Waals surface area contributed by atoms with Crippen LogP contribution in [0.4, 0.5) is 0 Å². The average molecular weight is 305 g/mol. The summed E-state index contributed by atoms with van der Waals surface area (Å²) >= 11 is 0. The van der Waals surface area contributed by atoms with Crippen molar-refractivity contribution in [3.63, 3.8) is 0 Å². The molecule has 0 amide bonds. The molecular weight excluding hydrogens is 264 g/mol. The Morgan fingerprint density at radius 3 is 1.59 bits per heavy atom. The predicted molar refractivity (Wildman–Crippen MR) is 97.0 cm³/mol. The summed E-state index contributed by atoms with van der Waals surface area (Å²) in [6, 6.07) is 0. The minimum Gasteiger partial charge on any atom is -0.0620 e. The summed E-state index contributed by atoms with van der Waals surface area (Å²) in [5, 5.41) is 0. The van der Waals surface area contributed by atoms with Gasteiger partial charge in [0.25, 0.3) is 0 Å². The Kier molecular flexibility index (Phi) is 6.69. The topological polar surface area (TPSA) is 0 Å². The van der Waals surface area contributed by atoms with Crippen LogP contribution in [0.15, 0.2) is 0 Å². The molecule has 0 heterocycles. The molecule has 0 spiro atoms. The van der Waals surface area contributed by atoms with Crippen molar-refractivity contribution in [2.45, 2.75) is 110 Å². The van der Waals surface area contributed by atoms with E-state index < -0.39 is 0 Å². The van der Waals surface area contributed by atoms with E-state index in [4.69, 9.17) is 0 Å². The Morgan fingerprint density at radius 2 is 1.05 bits per heavy atom. The molecule has 22 heavy (non-hydrogen) atoms. The summed E-state index contributed by atoms with van der Waals surface area (Å²) in [4.78, 5) is 0. The third-order valence-electron chi connectivity index (χ3n) is 7.65. The summed E-state index contributed by atoms with van der Waals surface area (Å²) in [6.45, 7) is 2.66. The average Bonchev–Trinajstić information content (AvgIpc) is 2.61. The zero-order valence-electron chi connectivity index (χ0n) is 15.2. The zero-order chi connectivity index (χ0) is 15.2. The number of hydrogen-bond acceptors (Lipinski definition) is 0. The summed E-state index contributed by atoms with van der Waals surface area (Å²) < 4.78 is 0. The molecule has 128 valence electrons. The Morgan fingerprint density at radius 1 is 0.591 bits per heavy atom. The van der Waals surface area contributed by atoms with Crippen molar-refractivity contribution in [2.24, 2.45) is 29.6 Å². The van der Waals surface area contributed by atoms with E-state index in [-0.39, 0.29) is 0 Å². The van der Waals surface area contributed by atoms with Crippen molar-refractivity contribution < 1.29 is 0 Å². The van der Waals surface area contributed by atoms with Gasteiger partial charge in [-0.1, -0.05) is 103 Å². The van der Waals surface area contributed by atoms with Crippen LogP contribution in [0.3, 0.4) is 0 Å². The quantitative estimate of drug-likeness (QED) is 0.497. The normalized spacial score (nSPS) is 29.3. The van der Waals surface area contributed by atoms with Gasteiger partial charge in [-0.15, -0.1) is 0 Å². The van der Waals surface area contributed by atoms with Crippen molar-refractivity contribution in [2.75, 3.05) is 0 Å². The lowest BCUT2D eigenvalue weighted by atomic mass is 9.64. The van der Waals surface area contributed by atoms with Gasteiger partial charge in [0, 0.05) is 0 Å². The molecule has 0 aromatic carbocycles. The molecule has 0 bridgehead atoms. The Bertz CT molecular complexity index is 289. The minimum absolute atomic E-state index is 1.02. The first-order chi connectivity index (χ1) is 10.8. The standard InChI is InChI=1S/C22H40/c1-18(20-13-7-3-8-14-20)22(21-15-9-4-10-16-21)17-19-11-5-2-6-12-19/h18-22H,2-17H2,1H3. The second-order valence-corrected chi connectivity index (χ2v) is 9.06. The van der Waals surface area contributed by atoms with Crippen LogP contribution in [0.25, 0.3) is 0 Å². The van der Waals surface area contributed by atoms with Crippen molar-refractivity contribution in [1.29, 1.82) is 0 Å². The van der Waals surface area contributed by atoms with Crippen LogP contribution in [0.5, 0.6) is 0 Å². The van der Waals surface area contributed by atoms with Gasteiger partial charge >= 0.3 is 0 Å². The van der Waals surface area contributed by atoms with Gasteiger partial charge in [0.2, 0.25) is 0 Å². The molecule has 3 rings (SSSR count). The van der Waals surface area contributed by atoms with E-state index in [9.17, 15) is 0 Å². The summed E-state index contributed by atoms with van der Waals surface area (Å²) in [7, 11) is 0. The van der Waals surface area contributed by atoms with Gasteiger partial charge in [0.1, 0.15) is 0 Å². The SMILES string of the molecule is CC(C1CCCCC1)C(CC1CCCCC1)C1CCCCC1. The van der Waals surface area contributed by atoms with Crippen molar-refractivity contribution in [3.8, 4) is 0 Å². The number of rotatable bonds is 5. The maximum absolute atomic E-state index is 2.66. The number of hydrogen-bond donors (Lipinski definition) is 0. The van der Waals surface area contributed by atoms with Crippen LogP contribution in [0, 0.1) is 29.6 Å². The minimum atomic E-state index is 1.02. The Labute approximate surface area is 139 Å². The lowest BCUT2D eigenvalue weighted by Crippen LogP contribution is -2.32. The van der Waals surface area contributed by atoms with Gasteiger partial charge in [-0.3, -0.25) is 0 Å². The summed E-state index contributed by atoms with van der Waals surface area (Å²) in [6.07, 6.45) is 24.7. The maximum atomic E-state index is 2.66. The van der Waals surface area contributed by atoms with Crippen LogP contribution in [0.2, 0.25) is 0 Å². The fraction of sp³-hybridized carbons (Fsp3) is 1.00. The largest absolute Gasteiger partial charge is 0.0620 e. The molecule has 3 aliphatic rings. The first-order valence-corrected chi connectivity index (χ1v) is 10.8. The summed E-state index contributed by atoms with van der Waals surface area (Å²) in [5.74, 6) is 5.35. The molecule has 2 unspecified atom stereocenters. The van der Waals surface area contributed by atoms with Crippen LogP contribution in [0.1, 0.15) is 110 Å². The molecule has 0 aromatic rings. The van der Waals surface area contributed by atoms with E-state index >= 15 is 0 Å². The van der Waals surface area contributed by atoms with Gasteiger partial charge in [0.15, 0.2) is 0 Å². The molecule has 3 saturated carbocycles. The third kappa shape index (κ3) is 4.51. The first kappa shape index (κ1) is 16.8. The monoisotopic (exact) mass is 304 g/mol.